The lowest BCUT2D eigenvalue weighted by molar-refractivity contribution is -0.145. The van der Waals surface area contributed by atoms with Crippen molar-refractivity contribution in [2.75, 3.05) is 12.4 Å². The van der Waals surface area contributed by atoms with Gasteiger partial charge in [0, 0.05) is 11.4 Å². The Hall–Kier alpha value is -2.27. The van der Waals surface area contributed by atoms with E-state index >= 15 is 0 Å². The summed E-state index contributed by atoms with van der Waals surface area (Å²) < 4.78 is 5.03. The minimum Gasteiger partial charge on any atom is -0.455 e. The van der Waals surface area contributed by atoms with E-state index in [1.165, 1.54) is 29.3 Å². The van der Waals surface area contributed by atoms with Crippen LogP contribution in [0, 0.1) is 0 Å². The SMILES string of the molecule is O=C(COC(=O)CSc1ccc2c(c1)CCC2)NCc1ccccc1. The first kappa shape index (κ1) is 17.5. The summed E-state index contributed by atoms with van der Waals surface area (Å²) in [7, 11) is 0. The van der Waals surface area contributed by atoms with Crippen molar-refractivity contribution < 1.29 is 14.3 Å². The van der Waals surface area contributed by atoms with E-state index < -0.39 is 0 Å². The topological polar surface area (TPSA) is 55.4 Å². The van der Waals surface area contributed by atoms with Crippen molar-refractivity contribution in [2.24, 2.45) is 0 Å². The molecule has 0 unspecified atom stereocenters. The van der Waals surface area contributed by atoms with Crippen molar-refractivity contribution >= 4 is 23.6 Å². The van der Waals surface area contributed by atoms with Crippen molar-refractivity contribution in [1.82, 2.24) is 5.32 Å². The molecule has 0 atom stereocenters. The maximum absolute atomic E-state index is 11.8. The van der Waals surface area contributed by atoms with E-state index in [1.54, 1.807) is 0 Å². The predicted octanol–water partition coefficient (Wildman–Crippen LogP) is 3.13. The summed E-state index contributed by atoms with van der Waals surface area (Å²) in [6.45, 7) is 0.192. The number of carbonyl (C=O) groups excluding carboxylic acids is 2. The summed E-state index contributed by atoms with van der Waals surface area (Å²) in [4.78, 5) is 24.6. The third-order valence-corrected chi connectivity index (χ3v) is 5.09. The molecule has 0 fully saturated rings. The first-order valence-corrected chi connectivity index (χ1v) is 9.40. The standard InChI is InChI=1S/C20H21NO3S/c22-19(21-12-15-5-2-1-3-6-15)13-24-20(23)14-25-18-10-9-16-7-4-8-17(16)11-18/h1-3,5-6,9-11H,4,7-8,12-14H2,(H,21,22). The van der Waals surface area contributed by atoms with E-state index in [0.717, 1.165) is 23.3 Å². The van der Waals surface area contributed by atoms with Crippen LogP contribution >= 0.6 is 11.8 Å². The second-order valence-electron chi connectivity index (χ2n) is 6.00. The average molecular weight is 355 g/mol. The van der Waals surface area contributed by atoms with E-state index in [9.17, 15) is 9.59 Å². The third-order valence-electron chi connectivity index (χ3n) is 4.12. The molecule has 1 aliphatic carbocycles. The van der Waals surface area contributed by atoms with Crippen LogP contribution in [0.3, 0.4) is 0 Å². The smallest absolute Gasteiger partial charge is 0.316 e. The van der Waals surface area contributed by atoms with Gasteiger partial charge in [0.15, 0.2) is 6.61 Å². The largest absolute Gasteiger partial charge is 0.455 e. The van der Waals surface area contributed by atoms with E-state index in [2.05, 4.69) is 23.5 Å². The third kappa shape index (κ3) is 5.36. The molecule has 0 bridgehead atoms. The minimum absolute atomic E-state index is 0.213. The van der Waals surface area contributed by atoms with Gasteiger partial charge in [-0.2, -0.15) is 0 Å². The Morgan fingerprint density at radius 3 is 2.68 bits per heavy atom. The van der Waals surface area contributed by atoms with Gasteiger partial charge in [0.05, 0.1) is 5.75 Å². The second-order valence-corrected chi connectivity index (χ2v) is 7.04. The summed E-state index contributed by atoms with van der Waals surface area (Å²) >= 11 is 1.45. The highest BCUT2D eigenvalue weighted by Gasteiger charge is 2.12. The Labute approximate surface area is 152 Å². The number of esters is 1. The van der Waals surface area contributed by atoms with Crippen LogP contribution < -0.4 is 5.32 Å². The van der Waals surface area contributed by atoms with Gasteiger partial charge < -0.3 is 10.1 Å². The Bertz CT molecular complexity index is 746. The minimum atomic E-state index is -0.375. The van der Waals surface area contributed by atoms with Crippen LogP contribution in [0.5, 0.6) is 0 Å². The number of rotatable bonds is 7. The van der Waals surface area contributed by atoms with Gasteiger partial charge in [0.25, 0.3) is 5.91 Å². The van der Waals surface area contributed by atoms with Crippen molar-refractivity contribution in [3.63, 3.8) is 0 Å². The van der Waals surface area contributed by atoms with Crippen LogP contribution in [-0.2, 0) is 33.7 Å². The zero-order chi connectivity index (χ0) is 17.5. The van der Waals surface area contributed by atoms with Gasteiger partial charge in [-0.05, 0) is 48.1 Å². The lowest BCUT2D eigenvalue weighted by Crippen LogP contribution is -2.28. The lowest BCUT2D eigenvalue weighted by atomic mass is 10.1. The molecule has 5 heteroatoms. The van der Waals surface area contributed by atoms with Crippen LogP contribution in [0.2, 0.25) is 0 Å². The molecule has 0 aliphatic heterocycles. The molecule has 130 valence electrons. The van der Waals surface area contributed by atoms with Gasteiger partial charge in [0.2, 0.25) is 0 Å². The molecule has 2 aromatic carbocycles. The van der Waals surface area contributed by atoms with E-state index in [1.807, 2.05) is 30.3 Å². The fraction of sp³-hybridized carbons (Fsp3) is 0.300. The molecule has 4 nitrogen and oxygen atoms in total. The maximum Gasteiger partial charge on any atom is 0.316 e. The summed E-state index contributed by atoms with van der Waals surface area (Å²) in [6, 6.07) is 16.0. The van der Waals surface area contributed by atoms with Crippen molar-refractivity contribution in [3.05, 3.63) is 65.2 Å². The molecular weight excluding hydrogens is 334 g/mol. The molecule has 1 N–H and O–H groups in total. The number of hydrogen-bond acceptors (Lipinski definition) is 4. The van der Waals surface area contributed by atoms with Gasteiger partial charge in [-0.15, -0.1) is 11.8 Å². The number of carbonyl (C=O) groups is 2. The fourth-order valence-electron chi connectivity index (χ4n) is 2.82. The highest BCUT2D eigenvalue weighted by molar-refractivity contribution is 8.00. The summed E-state index contributed by atoms with van der Waals surface area (Å²) in [6.07, 6.45) is 3.49. The van der Waals surface area contributed by atoms with E-state index in [4.69, 9.17) is 4.74 Å². The number of thioether (sulfide) groups is 1. The van der Waals surface area contributed by atoms with Gasteiger partial charge in [-0.3, -0.25) is 9.59 Å². The maximum atomic E-state index is 11.8. The molecule has 0 saturated heterocycles. The molecule has 0 radical (unpaired) electrons. The molecule has 1 aliphatic rings. The van der Waals surface area contributed by atoms with Gasteiger partial charge >= 0.3 is 5.97 Å². The van der Waals surface area contributed by atoms with Gasteiger partial charge in [0.1, 0.15) is 0 Å². The van der Waals surface area contributed by atoms with Crippen LogP contribution in [0.4, 0.5) is 0 Å². The zero-order valence-electron chi connectivity index (χ0n) is 14.0. The Kier molecular flexibility index (Phi) is 6.12. The van der Waals surface area contributed by atoms with Crippen LogP contribution in [0.1, 0.15) is 23.1 Å². The predicted molar refractivity (Wildman–Crippen MR) is 98.4 cm³/mol. The molecule has 0 heterocycles. The normalized spacial score (nSPS) is 12.5. The molecule has 2 aromatic rings. The number of ether oxygens (including phenoxy) is 1. The summed E-state index contributed by atoms with van der Waals surface area (Å²) in [5.74, 6) is -0.454. The number of hydrogen-bond donors (Lipinski definition) is 1. The number of aryl methyl sites for hydroxylation is 2. The molecule has 1 amide bonds. The van der Waals surface area contributed by atoms with Crippen LogP contribution in [0.15, 0.2) is 53.4 Å². The number of nitrogens with one attached hydrogen (secondary N) is 1. The number of fused-ring (bicyclic) bond motifs is 1. The molecule has 25 heavy (non-hydrogen) atoms. The lowest BCUT2D eigenvalue weighted by Gasteiger charge is -2.07. The summed E-state index contributed by atoms with van der Waals surface area (Å²) in [5.41, 5.74) is 3.81. The monoisotopic (exact) mass is 355 g/mol. The highest BCUT2D eigenvalue weighted by atomic mass is 32.2. The van der Waals surface area contributed by atoms with E-state index in [0.29, 0.717) is 6.54 Å². The van der Waals surface area contributed by atoms with Crippen LogP contribution in [0.25, 0.3) is 0 Å². The first-order valence-electron chi connectivity index (χ1n) is 8.41. The molecule has 0 aromatic heterocycles. The zero-order valence-corrected chi connectivity index (χ0v) is 14.8. The Balaban J connectivity index is 1.35. The second kappa shape index (κ2) is 8.72. The fourth-order valence-corrected chi connectivity index (χ4v) is 3.57. The Morgan fingerprint density at radius 1 is 1.04 bits per heavy atom. The molecular formula is C20H21NO3S. The molecule has 3 rings (SSSR count). The van der Waals surface area contributed by atoms with Gasteiger partial charge in [-0.25, -0.2) is 0 Å². The molecule has 0 saturated carbocycles. The highest BCUT2D eigenvalue weighted by Crippen LogP contribution is 2.27. The van der Waals surface area contributed by atoms with Crippen LogP contribution in [-0.4, -0.2) is 24.2 Å². The first-order chi connectivity index (χ1) is 12.2. The number of benzene rings is 2. The van der Waals surface area contributed by atoms with E-state index in [-0.39, 0.29) is 24.2 Å². The number of amides is 1. The Morgan fingerprint density at radius 2 is 1.84 bits per heavy atom. The van der Waals surface area contributed by atoms with Crippen molar-refractivity contribution in [1.29, 1.82) is 0 Å². The quantitative estimate of drug-likeness (QED) is 0.612. The molecule has 0 spiro atoms. The summed E-state index contributed by atoms with van der Waals surface area (Å²) in [5, 5.41) is 2.73. The van der Waals surface area contributed by atoms with Crippen molar-refractivity contribution in [2.45, 2.75) is 30.7 Å². The van der Waals surface area contributed by atoms with Crippen molar-refractivity contribution in [3.8, 4) is 0 Å². The average Bonchev–Trinajstić information content (AvgIpc) is 3.11. The van der Waals surface area contributed by atoms with Gasteiger partial charge in [-0.1, -0.05) is 36.4 Å².